The quantitative estimate of drug-likeness (QED) is 0.662. The average molecular weight is 405 g/mol. The highest BCUT2D eigenvalue weighted by atomic mass is 16.5. The van der Waals surface area contributed by atoms with Crippen molar-refractivity contribution in [2.45, 2.75) is 51.1 Å². The highest BCUT2D eigenvalue weighted by molar-refractivity contribution is 5.93. The Morgan fingerprint density at radius 3 is 2.97 bits per heavy atom. The molecule has 1 aliphatic carbocycles. The van der Waals surface area contributed by atoms with Crippen LogP contribution in [-0.4, -0.2) is 43.3 Å². The summed E-state index contributed by atoms with van der Waals surface area (Å²) in [7, 11) is 0. The van der Waals surface area contributed by atoms with E-state index in [0.717, 1.165) is 55.3 Å². The molecule has 154 valence electrons. The van der Waals surface area contributed by atoms with Gasteiger partial charge in [-0.25, -0.2) is 4.68 Å². The molecule has 30 heavy (non-hydrogen) atoms. The first kappa shape index (κ1) is 18.7. The maximum Gasteiger partial charge on any atom is 0.276 e. The fourth-order valence-corrected chi connectivity index (χ4v) is 4.39. The van der Waals surface area contributed by atoms with Crippen molar-refractivity contribution in [2.24, 2.45) is 0 Å². The van der Waals surface area contributed by atoms with Gasteiger partial charge < -0.3 is 9.42 Å². The number of likely N-dealkylation sites (tertiary alicyclic amines) is 1. The third-order valence-corrected chi connectivity index (χ3v) is 5.97. The van der Waals surface area contributed by atoms with Gasteiger partial charge in [0.05, 0.1) is 18.3 Å². The van der Waals surface area contributed by atoms with Gasteiger partial charge >= 0.3 is 0 Å². The van der Waals surface area contributed by atoms with E-state index in [2.05, 4.69) is 15.2 Å². The normalized spacial score (nSPS) is 18.4. The molecule has 3 aromatic heterocycles. The minimum absolute atomic E-state index is 0.0807. The van der Waals surface area contributed by atoms with Crippen molar-refractivity contribution in [1.82, 2.24) is 24.8 Å². The van der Waals surface area contributed by atoms with Gasteiger partial charge in [0.2, 0.25) is 0 Å². The van der Waals surface area contributed by atoms with Gasteiger partial charge in [0.15, 0.2) is 11.5 Å². The van der Waals surface area contributed by atoms with E-state index in [9.17, 15) is 9.59 Å². The number of aromatic nitrogens is 4. The van der Waals surface area contributed by atoms with Crippen LogP contribution in [0.5, 0.6) is 0 Å². The number of nitrogens with zero attached hydrogens (tertiary/aromatic N) is 5. The fourth-order valence-electron chi connectivity index (χ4n) is 4.39. The molecule has 3 aromatic rings. The van der Waals surface area contributed by atoms with Crippen LogP contribution in [0.2, 0.25) is 0 Å². The molecule has 1 saturated heterocycles. The van der Waals surface area contributed by atoms with Crippen LogP contribution in [0, 0.1) is 0 Å². The maximum absolute atomic E-state index is 13.1. The average Bonchev–Trinajstić information content (AvgIpc) is 3.44. The van der Waals surface area contributed by atoms with Crippen LogP contribution >= 0.6 is 0 Å². The van der Waals surface area contributed by atoms with Gasteiger partial charge in [0.1, 0.15) is 0 Å². The summed E-state index contributed by atoms with van der Waals surface area (Å²) in [5, 5.41) is 8.59. The van der Waals surface area contributed by atoms with Crippen molar-refractivity contribution >= 4 is 5.91 Å². The van der Waals surface area contributed by atoms with Gasteiger partial charge in [-0.15, -0.1) is 0 Å². The second kappa shape index (κ2) is 7.85. The predicted molar refractivity (Wildman–Crippen MR) is 109 cm³/mol. The monoisotopic (exact) mass is 405 g/mol. The second-order valence-electron chi connectivity index (χ2n) is 7.96. The Balaban J connectivity index is 1.35. The number of carbonyl (C=O) groups excluding carboxylic acids is 1. The number of pyridine rings is 1. The number of hydrogen-bond acceptors (Lipinski definition) is 6. The third kappa shape index (κ3) is 3.53. The summed E-state index contributed by atoms with van der Waals surface area (Å²) in [6.45, 7) is 1.05. The molecule has 0 bridgehead atoms. The van der Waals surface area contributed by atoms with Crippen molar-refractivity contribution in [3.8, 4) is 11.3 Å². The lowest BCUT2D eigenvalue weighted by molar-refractivity contribution is 0.0709. The lowest BCUT2D eigenvalue weighted by atomic mass is 9.97. The Labute approximate surface area is 173 Å². The highest BCUT2D eigenvalue weighted by Crippen LogP contribution is 2.24. The Morgan fingerprint density at radius 2 is 2.10 bits per heavy atom. The molecule has 1 amide bonds. The maximum atomic E-state index is 13.1. The van der Waals surface area contributed by atoms with Gasteiger partial charge in [-0.3, -0.25) is 14.6 Å². The molecule has 1 aliphatic heterocycles. The summed E-state index contributed by atoms with van der Waals surface area (Å²) in [5.41, 5.74) is 3.05. The molecule has 0 saturated carbocycles. The van der Waals surface area contributed by atoms with E-state index in [-0.39, 0.29) is 23.2 Å². The van der Waals surface area contributed by atoms with Gasteiger partial charge in [-0.1, -0.05) is 5.16 Å². The van der Waals surface area contributed by atoms with Gasteiger partial charge in [-0.05, 0) is 56.2 Å². The van der Waals surface area contributed by atoms with Crippen molar-refractivity contribution in [1.29, 1.82) is 0 Å². The standard InChI is InChI=1S/C22H23N5O3/c28-21-11-15-5-1-2-8-18(15)24-27(21)14-17-7-4-10-26(17)22(29)19-12-20(30-25-19)16-6-3-9-23-13-16/h3,6,9,11-13,17H,1-2,4-5,7-8,10,14H2. The zero-order chi connectivity index (χ0) is 20.5. The first-order valence-electron chi connectivity index (χ1n) is 10.5. The molecule has 0 radical (unpaired) electrons. The first-order chi connectivity index (χ1) is 14.7. The summed E-state index contributed by atoms with van der Waals surface area (Å²) in [5.74, 6) is 0.331. The molecule has 0 aromatic carbocycles. The van der Waals surface area contributed by atoms with Gasteiger partial charge in [0.25, 0.3) is 11.5 Å². The molecule has 1 unspecified atom stereocenters. The molecule has 1 atom stereocenters. The molecule has 8 heteroatoms. The molecule has 0 N–H and O–H groups in total. The number of fused-ring (bicyclic) bond motifs is 1. The Morgan fingerprint density at radius 1 is 1.20 bits per heavy atom. The van der Waals surface area contributed by atoms with Gasteiger partial charge in [0, 0.05) is 36.6 Å². The molecule has 5 rings (SSSR count). The summed E-state index contributed by atoms with van der Waals surface area (Å²) < 4.78 is 6.89. The first-order valence-corrected chi connectivity index (χ1v) is 10.5. The van der Waals surface area contributed by atoms with E-state index in [4.69, 9.17) is 4.52 Å². The van der Waals surface area contributed by atoms with Crippen LogP contribution in [-0.2, 0) is 19.4 Å². The van der Waals surface area contributed by atoms with Crippen LogP contribution in [0.25, 0.3) is 11.3 Å². The van der Waals surface area contributed by atoms with Crippen LogP contribution < -0.4 is 5.56 Å². The van der Waals surface area contributed by atoms with E-state index in [1.54, 1.807) is 35.5 Å². The van der Waals surface area contributed by atoms with E-state index in [1.807, 2.05) is 6.07 Å². The van der Waals surface area contributed by atoms with E-state index in [0.29, 0.717) is 18.8 Å². The Bertz CT molecular complexity index is 1120. The summed E-state index contributed by atoms with van der Waals surface area (Å²) in [6, 6.07) is 6.95. The lowest BCUT2D eigenvalue weighted by Gasteiger charge is -2.24. The van der Waals surface area contributed by atoms with Crippen LogP contribution in [0.3, 0.4) is 0 Å². The minimum atomic E-state index is -0.178. The number of hydrogen-bond donors (Lipinski definition) is 0. The zero-order valence-electron chi connectivity index (χ0n) is 16.7. The van der Waals surface area contributed by atoms with Crippen molar-refractivity contribution in [3.63, 3.8) is 0 Å². The number of amides is 1. The zero-order valence-corrected chi connectivity index (χ0v) is 16.7. The highest BCUT2D eigenvalue weighted by Gasteiger charge is 2.32. The molecule has 4 heterocycles. The molecule has 8 nitrogen and oxygen atoms in total. The van der Waals surface area contributed by atoms with Crippen LogP contribution in [0.1, 0.15) is 47.4 Å². The summed E-state index contributed by atoms with van der Waals surface area (Å²) >= 11 is 0. The lowest BCUT2D eigenvalue weighted by Crippen LogP contribution is -2.41. The Hall–Kier alpha value is -3.29. The molecule has 1 fully saturated rings. The number of rotatable bonds is 4. The second-order valence-corrected chi connectivity index (χ2v) is 7.96. The van der Waals surface area contributed by atoms with Crippen molar-refractivity contribution in [3.05, 3.63) is 64.0 Å². The smallest absolute Gasteiger partial charge is 0.276 e. The predicted octanol–water partition coefficient (Wildman–Crippen LogP) is 2.48. The topological polar surface area (TPSA) is 94.1 Å². The summed E-state index contributed by atoms with van der Waals surface area (Å²) in [6.07, 6.45) is 9.14. The number of aryl methyl sites for hydroxylation is 2. The van der Waals surface area contributed by atoms with Crippen molar-refractivity contribution < 1.29 is 9.32 Å². The SMILES string of the molecule is O=C(c1cc(-c2cccnc2)on1)N1CCCC1Cn1nc2c(cc1=O)CCCC2. The summed E-state index contributed by atoms with van der Waals surface area (Å²) in [4.78, 5) is 31.5. The van der Waals surface area contributed by atoms with Gasteiger partial charge in [-0.2, -0.15) is 5.10 Å². The molecular weight excluding hydrogens is 382 g/mol. The van der Waals surface area contributed by atoms with E-state index in [1.165, 1.54) is 4.68 Å². The molecular formula is C22H23N5O3. The fraction of sp³-hybridized carbons (Fsp3) is 0.409. The number of carbonyl (C=O) groups is 1. The minimum Gasteiger partial charge on any atom is -0.355 e. The molecule has 0 spiro atoms. The van der Waals surface area contributed by atoms with Crippen LogP contribution in [0.4, 0.5) is 0 Å². The third-order valence-electron chi connectivity index (χ3n) is 5.97. The van der Waals surface area contributed by atoms with E-state index < -0.39 is 0 Å². The van der Waals surface area contributed by atoms with Crippen LogP contribution in [0.15, 0.2) is 46.0 Å². The van der Waals surface area contributed by atoms with E-state index >= 15 is 0 Å². The van der Waals surface area contributed by atoms with Crippen molar-refractivity contribution in [2.75, 3.05) is 6.54 Å². The largest absolute Gasteiger partial charge is 0.355 e. The molecule has 2 aliphatic rings. The Kier molecular flexibility index (Phi) is 4.90.